The molecule has 0 unspecified atom stereocenters. The number of hydrogen-bond acceptors (Lipinski definition) is 4. The van der Waals surface area contributed by atoms with Gasteiger partial charge in [-0.2, -0.15) is 0 Å². The molecular formula is C25H25ClFN3O3. The summed E-state index contributed by atoms with van der Waals surface area (Å²) in [5.41, 5.74) is 3.04. The van der Waals surface area contributed by atoms with E-state index in [-0.39, 0.29) is 29.9 Å². The van der Waals surface area contributed by atoms with Crippen LogP contribution in [0.3, 0.4) is 0 Å². The number of nitrogens with zero attached hydrogens (tertiary/aromatic N) is 2. The van der Waals surface area contributed by atoms with Gasteiger partial charge >= 0.3 is 5.97 Å². The van der Waals surface area contributed by atoms with Crippen LogP contribution in [0.2, 0.25) is 5.02 Å². The summed E-state index contributed by atoms with van der Waals surface area (Å²) in [5, 5.41) is 0.468. The van der Waals surface area contributed by atoms with Gasteiger partial charge in [0.25, 0.3) is 5.91 Å². The van der Waals surface area contributed by atoms with Gasteiger partial charge in [0.15, 0.2) is 0 Å². The van der Waals surface area contributed by atoms with Crippen LogP contribution in [0.4, 0.5) is 4.39 Å². The molecule has 3 heterocycles. The van der Waals surface area contributed by atoms with Gasteiger partial charge in [-0.3, -0.25) is 9.78 Å². The molecule has 0 radical (unpaired) electrons. The normalized spacial score (nSPS) is 15.3. The topological polar surface area (TPSA) is 75.3 Å². The zero-order valence-electron chi connectivity index (χ0n) is 19.1. The molecule has 0 fully saturated rings. The van der Waals surface area contributed by atoms with Crippen molar-refractivity contribution in [1.29, 1.82) is 0 Å². The van der Waals surface area contributed by atoms with Crippen LogP contribution in [0, 0.1) is 12.7 Å². The molecule has 33 heavy (non-hydrogen) atoms. The number of ether oxygens (including phenoxy) is 1. The Kier molecular flexibility index (Phi) is 5.78. The van der Waals surface area contributed by atoms with Crippen LogP contribution in [0.15, 0.2) is 36.7 Å². The Labute approximate surface area is 196 Å². The van der Waals surface area contributed by atoms with Crippen molar-refractivity contribution in [2.45, 2.75) is 46.1 Å². The number of pyridine rings is 1. The molecule has 0 saturated heterocycles. The van der Waals surface area contributed by atoms with Crippen LogP contribution in [-0.2, 0) is 14.9 Å². The van der Waals surface area contributed by atoms with E-state index in [2.05, 4.69) is 9.97 Å². The van der Waals surface area contributed by atoms with Gasteiger partial charge in [0.05, 0.1) is 33.4 Å². The maximum absolute atomic E-state index is 13.8. The maximum atomic E-state index is 13.8. The number of halogens is 2. The standard InChI is InChI=1S/C25H25ClFN3O3/c1-13(2)33-24(32)17-11-30(23(31)15-6-7-18(27)14(3)8-15)12-25(4,5)20-21(17)29-19-9-16(26)10-28-22(19)20/h6-11,13,29H,12H2,1-5H3. The lowest BCUT2D eigenvalue weighted by molar-refractivity contribution is -0.140. The highest BCUT2D eigenvalue weighted by molar-refractivity contribution is 6.31. The van der Waals surface area contributed by atoms with E-state index in [0.29, 0.717) is 32.9 Å². The molecule has 1 aliphatic rings. The second kappa shape index (κ2) is 8.30. The summed E-state index contributed by atoms with van der Waals surface area (Å²) in [6, 6.07) is 5.98. The van der Waals surface area contributed by atoms with Crippen LogP contribution in [0.25, 0.3) is 16.6 Å². The number of carbonyl (C=O) groups is 2. The number of amides is 1. The average molecular weight is 470 g/mol. The van der Waals surface area contributed by atoms with Crippen LogP contribution >= 0.6 is 11.6 Å². The molecule has 8 heteroatoms. The molecule has 2 aromatic heterocycles. The highest BCUT2D eigenvalue weighted by atomic mass is 35.5. The van der Waals surface area contributed by atoms with Crippen molar-refractivity contribution in [3.05, 3.63) is 69.9 Å². The molecule has 0 aliphatic carbocycles. The van der Waals surface area contributed by atoms with E-state index >= 15 is 0 Å². The number of aromatic nitrogens is 2. The van der Waals surface area contributed by atoms with E-state index < -0.39 is 11.4 Å². The molecule has 4 rings (SSSR count). The van der Waals surface area contributed by atoms with E-state index in [4.69, 9.17) is 16.3 Å². The Morgan fingerprint density at radius 1 is 1.27 bits per heavy atom. The Balaban J connectivity index is 1.90. The number of hydrogen-bond donors (Lipinski definition) is 1. The summed E-state index contributed by atoms with van der Waals surface area (Å²) in [4.78, 5) is 35.8. The predicted octanol–water partition coefficient (Wildman–Crippen LogP) is 5.39. The van der Waals surface area contributed by atoms with Gasteiger partial charge in [0.2, 0.25) is 0 Å². The van der Waals surface area contributed by atoms with Gasteiger partial charge in [0, 0.05) is 35.5 Å². The molecular weight excluding hydrogens is 445 g/mol. The number of aryl methyl sites for hydroxylation is 1. The van der Waals surface area contributed by atoms with E-state index in [1.54, 1.807) is 33.0 Å². The van der Waals surface area contributed by atoms with Crippen LogP contribution < -0.4 is 0 Å². The van der Waals surface area contributed by atoms with Gasteiger partial charge < -0.3 is 14.6 Å². The summed E-state index contributed by atoms with van der Waals surface area (Å²) in [5.74, 6) is -1.29. The summed E-state index contributed by atoms with van der Waals surface area (Å²) < 4.78 is 19.3. The number of aromatic amines is 1. The molecule has 0 atom stereocenters. The smallest absolute Gasteiger partial charge is 0.342 e. The van der Waals surface area contributed by atoms with Crippen molar-refractivity contribution in [2.24, 2.45) is 0 Å². The minimum Gasteiger partial charge on any atom is -0.459 e. The average Bonchev–Trinajstić information content (AvgIpc) is 3.05. The van der Waals surface area contributed by atoms with Gasteiger partial charge in [-0.15, -0.1) is 0 Å². The van der Waals surface area contributed by atoms with E-state index in [1.807, 2.05) is 13.8 Å². The number of carbonyl (C=O) groups excluding carboxylic acids is 2. The minimum absolute atomic E-state index is 0.214. The van der Waals surface area contributed by atoms with Crippen molar-refractivity contribution >= 4 is 40.1 Å². The van der Waals surface area contributed by atoms with E-state index in [9.17, 15) is 14.0 Å². The maximum Gasteiger partial charge on any atom is 0.342 e. The number of fused-ring (bicyclic) bond motifs is 3. The third kappa shape index (κ3) is 4.25. The van der Waals surface area contributed by atoms with Crippen molar-refractivity contribution in [3.8, 4) is 0 Å². The molecule has 1 aromatic carbocycles. The summed E-state index contributed by atoms with van der Waals surface area (Å²) in [6.45, 7) is 9.36. The van der Waals surface area contributed by atoms with Gasteiger partial charge in [-0.25, -0.2) is 9.18 Å². The third-order valence-corrected chi connectivity index (χ3v) is 5.83. The number of H-pyrrole nitrogens is 1. The van der Waals surface area contributed by atoms with Gasteiger partial charge in [-0.1, -0.05) is 25.4 Å². The van der Waals surface area contributed by atoms with Crippen molar-refractivity contribution in [2.75, 3.05) is 6.54 Å². The lowest BCUT2D eigenvalue weighted by Gasteiger charge is -2.29. The fourth-order valence-electron chi connectivity index (χ4n) is 4.19. The SMILES string of the molecule is Cc1cc(C(=O)N2C=C(C(=O)OC(C)C)c3[nH]c4cc(Cl)cnc4c3C(C)(C)C2)ccc1F. The van der Waals surface area contributed by atoms with Gasteiger partial charge in [-0.05, 0) is 50.6 Å². The molecule has 0 spiro atoms. The van der Waals surface area contributed by atoms with Crippen molar-refractivity contribution in [3.63, 3.8) is 0 Å². The number of benzene rings is 1. The molecule has 1 aliphatic heterocycles. The molecule has 1 amide bonds. The largest absolute Gasteiger partial charge is 0.459 e. The Hall–Kier alpha value is -3.19. The fourth-order valence-corrected chi connectivity index (χ4v) is 4.35. The summed E-state index contributed by atoms with van der Waals surface area (Å²) in [6.07, 6.45) is 2.72. The molecule has 172 valence electrons. The Morgan fingerprint density at radius 2 is 2.00 bits per heavy atom. The molecule has 0 saturated carbocycles. The molecule has 6 nitrogen and oxygen atoms in total. The van der Waals surface area contributed by atoms with Crippen molar-refractivity contribution in [1.82, 2.24) is 14.9 Å². The highest BCUT2D eigenvalue weighted by Gasteiger charge is 2.38. The second-order valence-corrected chi connectivity index (χ2v) is 9.64. The van der Waals surface area contributed by atoms with Crippen LogP contribution in [0.5, 0.6) is 0 Å². The Morgan fingerprint density at radius 3 is 2.67 bits per heavy atom. The highest BCUT2D eigenvalue weighted by Crippen LogP contribution is 2.40. The summed E-state index contributed by atoms with van der Waals surface area (Å²) >= 11 is 6.14. The lowest BCUT2D eigenvalue weighted by atomic mass is 9.83. The molecule has 1 N–H and O–H groups in total. The first kappa shape index (κ1) is 23.0. The first-order valence-electron chi connectivity index (χ1n) is 10.7. The zero-order valence-corrected chi connectivity index (χ0v) is 19.9. The summed E-state index contributed by atoms with van der Waals surface area (Å²) in [7, 11) is 0. The minimum atomic E-state index is -0.588. The van der Waals surface area contributed by atoms with E-state index in [0.717, 1.165) is 5.56 Å². The fraction of sp³-hybridized carbons (Fsp3) is 0.320. The first-order valence-corrected chi connectivity index (χ1v) is 11.0. The third-order valence-electron chi connectivity index (χ3n) is 5.63. The predicted molar refractivity (Wildman–Crippen MR) is 126 cm³/mol. The molecule has 3 aromatic rings. The first-order chi connectivity index (χ1) is 15.5. The Bertz CT molecular complexity index is 1310. The van der Waals surface area contributed by atoms with Crippen LogP contribution in [-0.4, -0.2) is 39.4 Å². The zero-order chi connectivity index (χ0) is 24.1. The number of esters is 1. The van der Waals surface area contributed by atoms with Crippen molar-refractivity contribution < 1.29 is 18.7 Å². The lowest BCUT2D eigenvalue weighted by Crippen LogP contribution is -2.37. The van der Waals surface area contributed by atoms with Crippen LogP contribution in [0.1, 0.15) is 54.9 Å². The number of rotatable bonds is 3. The van der Waals surface area contributed by atoms with E-state index in [1.165, 1.54) is 29.3 Å². The quantitative estimate of drug-likeness (QED) is 0.522. The monoisotopic (exact) mass is 469 g/mol. The van der Waals surface area contributed by atoms with Gasteiger partial charge in [0.1, 0.15) is 5.82 Å². The number of nitrogens with one attached hydrogen (secondary N) is 1. The molecule has 0 bridgehead atoms. The second-order valence-electron chi connectivity index (χ2n) is 9.20.